The zero-order valence-corrected chi connectivity index (χ0v) is 18.8. The van der Waals surface area contributed by atoms with E-state index in [9.17, 15) is 4.79 Å². The van der Waals surface area contributed by atoms with Crippen LogP contribution in [0.25, 0.3) is 0 Å². The highest BCUT2D eigenvalue weighted by molar-refractivity contribution is 5.68. The quantitative estimate of drug-likeness (QED) is 0.803. The van der Waals surface area contributed by atoms with Crippen LogP contribution >= 0.6 is 0 Å². The number of nitrogens with one attached hydrogen (secondary N) is 1. The van der Waals surface area contributed by atoms with E-state index in [1.807, 2.05) is 38.7 Å². The fourth-order valence-corrected chi connectivity index (χ4v) is 4.50. The summed E-state index contributed by atoms with van der Waals surface area (Å²) in [6, 6.07) is 7.43. The lowest BCUT2D eigenvalue weighted by Crippen LogP contribution is -2.48. The molecule has 0 aromatic carbocycles. The topological polar surface area (TPSA) is 57.7 Å². The molecule has 3 rings (SSSR count). The molecule has 1 aromatic heterocycles. The Morgan fingerprint density at radius 1 is 1.24 bits per heavy atom. The minimum absolute atomic E-state index is 0.161. The van der Waals surface area contributed by atoms with E-state index < -0.39 is 5.60 Å². The fourth-order valence-electron chi connectivity index (χ4n) is 4.50. The van der Waals surface area contributed by atoms with Gasteiger partial charge in [0.2, 0.25) is 0 Å². The molecule has 1 aromatic rings. The van der Waals surface area contributed by atoms with Crippen molar-refractivity contribution in [1.82, 2.24) is 15.2 Å². The average molecular weight is 403 g/mol. The lowest BCUT2D eigenvalue weighted by Gasteiger charge is -2.36. The van der Waals surface area contributed by atoms with Crippen LogP contribution in [-0.2, 0) is 4.74 Å². The van der Waals surface area contributed by atoms with Crippen molar-refractivity contribution in [3.8, 4) is 0 Å². The van der Waals surface area contributed by atoms with Crippen LogP contribution in [0.2, 0.25) is 0 Å². The molecule has 0 radical (unpaired) electrons. The van der Waals surface area contributed by atoms with Crippen molar-refractivity contribution in [2.45, 2.75) is 90.4 Å². The van der Waals surface area contributed by atoms with Gasteiger partial charge in [0.1, 0.15) is 11.4 Å². The maximum absolute atomic E-state index is 12.5. The second kappa shape index (κ2) is 9.33. The smallest absolute Gasteiger partial charge is 0.410 e. The molecule has 162 valence electrons. The molecule has 0 spiro atoms. The first kappa shape index (κ1) is 21.9. The van der Waals surface area contributed by atoms with Crippen LogP contribution in [0.3, 0.4) is 0 Å². The van der Waals surface area contributed by atoms with E-state index in [0.29, 0.717) is 12.1 Å². The minimum atomic E-state index is -0.436. The SMILES string of the molecule is Cc1cccc(N2CCC(N[C@@H](C)C[C@@H]3CCCN3C(=O)OC(C)(C)C)CC2)n1. The van der Waals surface area contributed by atoms with Crippen LogP contribution in [0.5, 0.6) is 0 Å². The molecule has 1 amide bonds. The molecule has 2 aliphatic heterocycles. The largest absolute Gasteiger partial charge is 0.444 e. The van der Waals surface area contributed by atoms with E-state index in [1.165, 1.54) is 0 Å². The normalized spacial score (nSPS) is 22.0. The van der Waals surface area contributed by atoms with E-state index in [0.717, 1.165) is 63.3 Å². The number of aromatic nitrogens is 1. The van der Waals surface area contributed by atoms with Crippen LogP contribution in [0.15, 0.2) is 18.2 Å². The first-order valence-corrected chi connectivity index (χ1v) is 11.2. The van der Waals surface area contributed by atoms with Crippen molar-refractivity contribution in [3.63, 3.8) is 0 Å². The van der Waals surface area contributed by atoms with Gasteiger partial charge in [-0.05, 0) is 78.9 Å². The van der Waals surface area contributed by atoms with Gasteiger partial charge in [0.15, 0.2) is 0 Å². The summed E-state index contributed by atoms with van der Waals surface area (Å²) in [5.41, 5.74) is 0.635. The van der Waals surface area contributed by atoms with Crippen molar-refractivity contribution in [2.24, 2.45) is 0 Å². The number of amides is 1. The number of aryl methyl sites for hydroxylation is 1. The van der Waals surface area contributed by atoms with Gasteiger partial charge in [0.05, 0.1) is 0 Å². The van der Waals surface area contributed by atoms with Gasteiger partial charge in [-0.3, -0.25) is 0 Å². The molecule has 2 saturated heterocycles. The first-order valence-electron chi connectivity index (χ1n) is 11.2. The van der Waals surface area contributed by atoms with Crippen LogP contribution in [0.4, 0.5) is 10.6 Å². The molecule has 3 heterocycles. The third-order valence-electron chi connectivity index (χ3n) is 5.84. The number of hydrogen-bond acceptors (Lipinski definition) is 5. The first-order chi connectivity index (χ1) is 13.7. The Morgan fingerprint density at radius 3 is 2.62 bits per heavy atom. The fraction of sp³-hybridized carbons (Fsp3) is 0.739. The molecule has 0 unspecified atom stereocenters. The average Bonchev–Trinajstić information content (AvgIpc) is 3.09. The van der Waals surface area contributed by atoms with Crippen LogP contribution in [0.1, 0.15) is 65.5 Å². The van der Waals surface area contributed by atoms with Crippen LogP contribution < -0.4 is 10.2 Å². The second-order valence-corrected chi connectivity index (χ2v) is 9.67. The van der Waals surface area contributed by atoms with Gasteiger partial charge < -0.3 is 19.9 Å². The highest BCUT2D eigenvalue weighted by Gasteiger charge is 2.33. The second-order valence-electron chi connectivity index (χ2n) is 9.67. The molecular formula is C23H38N4O2. The van der Waals surface area contributed by atoms with Gasteiger partial charge in [0, 0.05) is 43.5 Å². The summed E-state index contributed by atoms with van der Waals surface area (Å²) in [6.45, 7) is 13.0. The number of piperidine rings is 1. The van der Waals surface area contributed by atoms with E-state index in [1.54, 1.807) is 0 Å². The summed E-state index contributed by atoms with van der Waals surface area (Å²) in [5.74, 6) is 1.09. The number of anilines is 1. The maximum Gasteiger partial charge on any atom is 0.410 e. The third kappa shape index (κ3) is 6.33. The van der Waals surface area contributed by atoms with Gasteiger partial charge in [-0.1, -0.05) is 6.07 Å². The summed E-state index contributed by atoms with van der Waals surface area (Å²) in [6.07, 6.45) is 5.21. The summed E-state index contributed by atoms with van der Waals surface area (Å²) in [7, 11) is 0. The number of pyridine rings is 1. The zero-order valence-electron chi connectivity index (χ0n) is 18.8. The molecule has 6 heteroatoms. The van der Waals surface area contributed by atoms with Crippen LogP contribution in [0, 0.1) is 6.92 Å². The summed E-state index contributed by atoms with van der Waals surface area (Å²) >= 11 is 0. The van der Waals surface area contributed by atoms with Gasteiger partial charge in [-0.15, -0.1) is 0 Å². The maximum atomic E-state index is 12.5. The Balaban J connectivity index is 1.45. The number of hydrogen-bond donors (Lipinski definition) is 1. The number of ether oxygens (including phenoxy) is 1. The molecule has 2 atom stereocenters. The number of carbonyl (C=O) groups is 1. The standard InChI is InChI=1S/C23H38N4O2/c1-17-8-6-10-21(25-17)26-14-11-19(12-15-26)24-18(2)16-20-9-7-13-27(20)22(28)29-23(3,4)5/h6,8,10,18-20,24H,7,9,11-16H2,1-5H3/t18-,20-/m0/s1. The summed E-state index contributed by atoms with van der Waals surface area (Å²) in [5, 5.41) is 3.81. The Morgan fingerprint density at radius 2 is 1.97 bits per heavy atom. The Kier molecular flexibility index (Phi) is 7.04. The molecular weight excluding hydrogens is 364 g/mol. The predicted molar refractivity (Wildman–Crippen MR) is 117 cm³/mol. The molecule has 0 bridgehead atoms. The molecule has 2 fully saturated rings. The van der Waals surface area contributed by atoms with Gasteiger partial charge in [0.25, 0.3) is 0 Å². The van der Waals surface area contributed by atoms with Crippen molar-refractivity contribution in [2.75, 3.05) is 24.5 Å². The zero-order chi connectivity index (χ0) is 21.0. The van der Waals surface area contributed by atoms with Gasteiger partial charge in [-0.25, -0.2) is 9.78 Å². The lowest BCUT2D eigenvalue weighted by atomic mass is 10.0. The molecule has 2 aliphatic rings. The van der Waals surface area contributed by atoms with E-state index >= 15 is 0 Å². The Labute approximate surface area is 176 Å². The number of nitrogens with zero attached hydrogens (tertiary/aromatic N) is 3. The van der Waals surface area contributed by atoms with Crippen molar-refractivity contribution in [1.29, 1.82) is 0 Å². The summed E-state index contributed by atoms with van der Waals surface area (Å²) in [4.78, 5) is 21.5. The van der Waals surface area contributed by atoms with Crippen molar-refractivity contribution >= 4 is 11.9 Å². The number of rotatable bonds is 5. The minimum Gasteiger partial charge on any atom is -0.444 e. The molecule has 0 aliphatic carbocycles. The lowest BCUT2D eigenvalue weighted by molar-refractivity contribution is 0.0213. The van der Waals surface area contributed by atoms with Crippen molar-refractivity contribution in [3.05, 3.63) is 23.9 Å². The van der Waals surface area contributed by atoms with E-state index in [2.05, 4.69) is 34.3 Å². The highest BCUT2D eigenvalue weighted by Crippen LogP contribution is 2.25. The van der Waals surface area contributed by atoms with Crippen LogP contribution in [-0.4, -0.2) is 59.3 Å². The molecule has 1 N–H and O–H groups in total. The molecule has 0 saturated carbocycles. The van der Waals surface area contributed by atoms with E-state index in [4.69, 9.17) is 4.74 Å². The Hall–Kier alpha value is -1.82. The monoisotopic (exact) mass is 402 g/mol. The predicted octanol–water partition coefficient (Wildman–Crippen LogP) is 4.13. The van der Waals surface area contributed by atoms with Crippen molar-refractivity contribution < 1.29 is 9.53 Å². The van der Waals surface area contributed by atoms with Gasteiger partial charge >= 0.3 is 6.09 Å². The molecule has 29 heavy (non-hydrogen) atoms. The summed E-state index contributed by atoms with van der Waals surface area (Å²) < 4.78 is 5.60. The Bertz CT molecular complexity index is 680. The molecule has 6 nitrogen and oxygen atoms in total. The number of carbonyl (C=O) groups excluding carboxylic acids is 1. The third-order valence-corrected chi connectivity index (χ3v) is 5.84. The van der Waals surface area contributed by atoms with E-state index in [-0.39, 0.29) is 12.1 Å². The van der Waals surface area contributed by atoms with Gasteiger partial charge in [-0.2, -0.15) is 0 Å². The highest BCUT2D eigenvalue weighted by atomic mass is 16.6. The number of likely N-dealkylation sites (tertiary alicyclic amines) is 1.